The largest absolute Gasteiger partial charge is 0.416 e. The van der Waals surface area contributed by atoms with Crippen molar-refractivity contribution < 1.29 is 18.3 Å². The summed E-state index contributed by atoms with van der Waals surface area (Å²) in [7, 11) is 0. The minimum absolute atomic E-state index is 0.255. The minimum atomic E-state index is -4.33. The van der Waals surface area contributed by atoms with Gasteiger partial charge in [0.1, 0.15) is 11.1 Å². The van der Waals surface area contributed by atoms with Gasteiger partial charge in [-0.2, -0.15) is 13.2 Å². The first-order valence-corrected chi connectivity index (χ1v) is 6.50. The monoisotopic (exact) mass is 287 g/mol. The highest BCUT2D eigenvalue weighted by Gasteiger charge is 2.30. The van der Waals surface area contributed by atoms with E-state index in [0.29, 0.717) is 10.6 Å². The Kier molecular flexibility index (Phi) is 3.91. The molecule has 1 aromatic carbocycles. The van der Waals surface area contributed by atoms with Gasteiger partial charge in [-0.15, -0.1) is 11.3 Å². The Morgan fingerprint density at radius 1 is 1.26 bits per heavy atom. The molecule has 1 atom stereocenters. The molecule has 0 bridgehead atoms. The fourth-order valence-electron chi connectivity index (χ4n) is 1.67. The van der Waals surface area contributed by atoms with E-state index in [1.165, 1.54) is 23.5 Å². The maximum Gasteiger partial charge on any atom is 0.416 e. The minimum Gasteiger partial charge on any atom is -0.386 e. The van der Waals surface area contributed by atoms with Gasteiger partial charge in [-0.1, -0.05) is 12.1 Å². The molecule has 0 spiro atoms. The number of aromatic nitrogens is 1. The summed E-state index contributed by atoms with van der Waals surface area (Å²) in [5.41, 5.74) is 0.788. The highest BCUT2D eigenvalue weighted by Crippen LogP contribution is 2.30. The lowest BCUT2D eigenvalue weighted by Crippen LogP contribution is -2.06. The molecule has 19 heavy (non-hydrogen) atoms. The van der Waals surface area contributed by atoms with Crippen LogP contribution in [0.4, 0.5) is 13.2 Å². The van der Waals surface area contributed by atoms with Gasteiger partial charge in [0, 0.05) is 17.5 Å². The van der Waals surface area contributed by atoms with Crippen LogP contribution in [0.3, 0.4) is 0 Å². The van der Waals surface area contributed by atoms with E-state index < -0.39 is 17.8 Å². The maximum atomic E-state index is 12.4. The quantitative estimate of drug-likeness (QED) is 0.932. The zero-order valence-corrected chi connectivity index (χ0v) is 10.9. The summed E-state index contributed by atoms with van der Waals surface area (Å²) in [6.45, 7) is 1.82. The van der Waals surface area contributed by atoms with Gasteiger partial charge in [0.15, 0.2) is 0 Å². The van der Waals surface area contributed by atoms with Crippen molar-refractivity contribution in [1.82, 2.24) is 4.98 Å². The van der Waals surface area contributed by atoms with Gasteiger partial charge in [-0.25, -0.2) is 4.98 Å². The fourth-order valence-corrected chi connectivity index (χ4v) is 2.45. The molecule has 0 aliphatic carbocycles. The summed E-state index contributed by atoms with van der Waals surface area (Å²) in [6.07, 6.45) is -4.86. The lowest BCUT2D eigenvalue weighted by Gasteiger charge is -2.10. The first kappa shape index (κ1) is 14.0. The summed E-state index contributed by atoms with van der Waals surface area (Å²) >= 11 is 1.34. The number of benzene rings is 1. The van der Waals surface area contributed by atoms with Crippen molar-refractivity contribution in [3.63, 3.8) is 0 Å². The van der Waals surface area contributed by atoms with Gasteiger partial charge in [-0.05, 0) is 24.6 Å². The van der Waals surface area contributed by atoms with E-state index in [4.69, 9.17) is 0 Å². The molecule has 0 fully saturated rings. The van der Waals surface area contributed by atoms with Gasteiger partial charge in [0.25, 0.3) is 0 Å². The fraction of sp³-hybridized carbons (Fsp3) is 0.308. The van der Waals surface area contributed by atoms with Crippen LogP contribution in [-0.2, 0) is 12.6 Å². The summed E-state index contributed by atoms with van der Waals surface area (Å²) in [4.78, 5) is 4.15. The van der Waals surface area contributed by atoms with Crippen molar-refractivity contribution in [2.75, 3.05) is 0 Å². The van der Waals surface area contributed by atoms with Gasteiger partial charge in [-0.3, -0.25) is 0 Å². The van der Waals surface area contributed by atoms with E-state index in [2.05, 4.69) is 4.98 Å². The molecule has 1 aromatic heterocycles. The number of thiazole rings is 1. The highest BCUT2D eigenvalue weighted by atomic mass is 32.1. The van der Waals surface area contributed by atoms with Crippen LogP contribution in [-0.4, -0.2) is 10.1 Å². The summed E-state index contributed by atoms with van der Waals surface area (Å²) < 4.78 is 37.2. The molecule has 0 aliphatic heterocycles. The molecule has 0 saturated heterocycles. The lowest BCUT2D eigenvalue weighted by atomic mass is 10.1. The average Bonchev–Trinajstić information content (AvgIpc) is 2.75. The summed E-state index contributed by atoms with van der Waals surface area (Å²) in [6, 6.07) is 4.81. The van der Waals surface area contributed by atoms with E-state index in [-0.39, 0.29) is 6.42 Å². The molecular formula is C13H12F3NOS. The second-order valence-electron chi connectivity index (χ2n) is 4.24. The molecule has 102 valence electrons. The zero-order chi connectivity index (χ0) is 14.0. The zero-order valence-electron chi connectivity index (χ0n) is 10.1. The number of aryl methyl sites for hydroxylation is 1. The Balaban J connectivity index is 2.07. The first-order chi connectivity index (χ1) is 8.86. The molecular weight excluding hydrogens is 275 g/mol. The second-order valence-corrected chi connectivity index (χ2v) is 5.13. The molecule has 1 heterocycles. The topological polar surface area (TPSA) is 33.1 Å². The lowest BCUT2D eigenvalue weighted by molar-refractivity contribution is -0.137. The van der Waals surface area contributed by atoms with Crippen LogP contribution < -0.4 is 0 Å². The second kappa shape index (κ2) is 5.30. The van der Waals surface area contributed by atoms with Crippen LogP contribution in [0.25, 0.3) is 0 Å². The third-order valence-corrected chi connectivity index (χ3v) is 3.70. The molecule has 1 unspecified atom stereocenters. The molecule has 2 aromatic rings. The molecule has 0 radical (unpaired) electrons. The Labute approximate surface area is 112 Å². The Morgan fingerprint density at radius 2 is 1.89 bits per heavy atom. The van der Waals surface area contributed by atoms with Crippen LogP contribution in [0, 0.1) is 6.92 Å². The van der Waals surface area contributed by atoms with E-state index in [1.807, 2.05) is 12.3 Å². The third-order valence-electron chi connectivity index (χ3n) is 2.63. The van der Waals surface area contributed by atoms with Crippen molar-refractivity contribution >= 4 is 11.3 Å². The number of rotatable bonds is 3. The van der Waals surface area contributed by atoms with E-state index in [0.717, 1.165) is 17.8 Å². The van der Waals surface area contributed by atoms with Crippen molar-refractivity contribution in [2.45, 2.75) is 25.6 Å². The number of alkyl halides is 3. The van der Waals surface area contributed by atoms with Crippen molar-refractivity contribution in [3.8, 4) is 0 Å². The van der Waals surface area contributed by atoms with Crippen molar-refractivity contribution in [3.05, 3.63) is 51.5 Å². The number of hydrogen-bond donors (Lipinski definition) is 1. The van der Waals surface area contributed by atoms with E-state index in [9.17, 15) is 18.3 Å². The molecule has 0 saturated carbocycles. The van der Waals surface area contributed by atoms with Crippen LogP contribution >= 0.6 is 11.3 Å². The Hall–Kier alpha value is -1.40. The van der Waals surface area contributed by atoms with Crippen LogP contribution in [0.2, 0.25) is 0 Å². The SMILES string of the molecule is Cc1csc(C(O)Cc2ccc(C(F)(F)F)cc2)n1. The van der Waals surface area contributed by atoms with Crippen molar-refractivity contribution in [2.24, 2.45) is 0 Å². The maximum absolute atomic E-state index is 12.4. The molecule has 0 amide bonds. The average molecular weight is 287 g/mol. The molecule has 2 rings (SSSR count). The van der Waals surface area contributed by atoms with Gasteiger partial charge < -0.3 is 5.11 Å². The van der Waals surface area contributed by atoms with Crippen LogP contribution in [0.5, 0.6) is 0 Å². The predicted octanol–water partition coefficient (Wildman–Crippen LogP) is 3.75. The smallest absolute Gasteiger partial charge is 0.386 e. The van der Waals surface area contributed by atoms with Crippen LogP contribution in [0.15, 0.2) is 29.6 Å². The summed E-state index contributed by atoms with van der Waals surface area (Å²) in [5.74, 6) is 0. The van der Waals surface area contributed by atoms with Crippen molar-refractivity contribution in [1.29, 1.82) is 0 Å². The standard InChI is InChI=1S/C13H12F3NOS/c1-8-7-19-12(17-8)11(18)6-9-2-4-10(5-3-9)13(14,15)16/h2-5,7,11,18H,6H2,1H3. The third kappa shape index (κ3) is 3.54. The highest BCUT2D eigenvalue weighted by molar-refractivity contribution is 7.09. The number of halogens is 3. The normalized spacial score (nSPS) is 13.5. The number of hydrogen-bond acceptors (Lipinski definition) is 3. The Bertz CT molecular complexity index is 548. The number of aliphatic hydroxyl groups is 1. The van der Waals surface area contributed by atoms with E-state index >= 15 is 0 Å². The molecule has 6 heteroatoms. The van der Waals surface area contributed by atoms with Gasteiger partial charge >= 0.3 is 6.18 Å². The predicted molar refractivity (Wildman–Crippen MR) is 67.0 cm³/mol. The van der Waals surface area contributed by atoms with Gasteiger partial charge in [0.2, 0.25) is 0 Å². The molecule has 1 N–H and O–H groups in total. The van der Waals surface area contributed by atoms with E-state index in [1.54, 1.807) is 0 Å². The first-order valence-electron chi connectivity index (χ1n) is 5.62. The molecule has 0 aliphatic rings. The van der Waals surface area contributed by atoms with Crippen LogP contribution in [0.1, 0.15) is 27.9 Å². The molecule has 2 nitrogen and oxygen atoms in total. The summed E-state index contributed by atoms with van der Waals surface area (Å²) in [5, 5.41) is 12.3. The number of aliphatic hydroxyl groups excluding tert-OH is 1. The van der Waals surface area contributed by atoms with Gasteiger partial charge in [0.05, 0.1) is 5.56 Å². The Morgan fingerprint density at radius 3 is 2.37 bits per heavy atom. The number of nitrogens with zero attached hydrogens (tertiary/aromatic N) is 1.